The van der Waals surface area contributed by atoms with Crippen molar-refractivity contribution >= 4 is 0 Å². The van der Waals surface area contributed by atoms with Crippen LogP contribution >= 0.6 is 0 Å². The molecule has 1 aromatic rings. The van der Waals surface area contributed by atoms with Crippen LogP contribution in [0.25, 0.3) is 0 Å². The van der Waals surface area contributed by atoms with Crippen LogP contribution in [0, 0.1) is 11.8 Å². The van der Waals surface area contributed by atoms with Crippen molar-refractivity contribution in [1.29, 1.82) is 0 Å². The van der Waals surface area contributed by atoms with Gasteiger partial charge >= 0.3 is 0 Å². The Labute approximate surface area is 97.4 Å². The van der Waals surface area contributed by atoms with E-state index in [2.05, 4.69) is 18.3 Å². The summed E-state index contributed by atoms with van der Waals surface area (Å²) in [6, 6.07) is 2.73. The maximum atomic E-state index is 5.57. The largest absolute Gasteiger partial charge is 0.469 e. The predicted octanol–water partition coefficient (Wildman–Crippen LogP) is 3.29. The number of fused-ring (bicyclic) bond motifs is 1. The lowest BCUT2D eigenvalue weighted by Crippen LogP contribution is -2.37. The third-order valence-electron chi connectivity index (χ3n) is 4.44. The first-order valence-corrected chi connectivity index (χ1v) is 6.66. The number of furan rings is 1. The summed E-state index contributed by atoms with van der Waals surface area (Å²) in [6.45, 7) is 3.49. The van der Waals surface area contributed by atoms with E-state index in [0.29, 0.717) is 6.04 Å². The van der Waals surface area contributed by atoms with Gasteiger partial charge in [-0.2, -0.15) is 0 Å². The molecule has 0 bridgehead atoms. The molecule has 3 atom stereocenters. The molecule has 0 spiro atoms. The molecule has 1 aromatic heterocycles. The second-order valence-electron chi connectivity index (χ2n) is 5.41. The first kappa shape index (κ1) is 10.4. The van der Waals surface area contributed by atoms with Gasteiger partial charge < -0.3 is 9.73 Å². The molecule has 88 valence electrons. The van der Waals surface area contributed by atoms with Crippen LogP contribution in [0.15, 0.2) is 16.7 Å². The molecule has 1 fully saturated rings. The van der Waals surface area contributed by atoms with Gasteiger partial charge in [-0.25, -0.2) is 0 Å². The Kier molecular flexibility index (Phi) is 2.76. The maximum absolute atomic E-state index is 5.57. The summed E-state index contributed by atoms with van der Waals surface area (Å²) in [5.41, 5.74) is 1.44. The molecule has 0 aromatic carbocycles. The lowest BCUT2D eigenvalue weighted by Gasteiger charge is -2.37. The first-order chi connectivity index (χ1) is 7.86. The van der Waals surface area contributed by atoms with Crippen molar-refractivity contribution in [2.24, 2.45) is 11.8 Å². The van der Waals surface area contributed by atoms with Gasteiger partial charge in [0.2, 0.25) is 0 Å². The Morgan fingerprint density at radius 3 is 3.06 bits per heavy atom. The highest BCUT2D eigenvalue weighted by Crippen LogP contribution is 2.40. The molecule has 2 aliphatic rings. The summed E-state index contributed by atoms with van der Waals surface area (Å²) in [4.78, 5) is 0. The highest BCUT2D eigenvalue weighted by atomic mass is 16.3. The molecule has 1 aliphatic carbocycles. The Morgan fingerprint density at radius 2 is 2.19 bits per heavy atom. The number of nitrogens with one attached hydrogen (secondary N) is 1. The highest BCUT2D eigenvalue weighted by Gasteiger charge is 2.33. The molecule has 3 rings (SSSR count). The Hall–Kier alpha value is -0.760. The van der Waals surface area contributed by atoms with Gasteiger partial charge in [0.05, 0.1) is 6.26 Å². The van der Waals surface area contributed by atoms with E-state index in [1.165, 1.54) is 37.0 Å². The molecular formula is C14H21NO. The van der Waals surface area contributed by atoms with Gasteiger partial charge in [-0.05, 0) is 24.3 Å². The maximum Gasteiger partial charge on any atom is 0.109 e. The lowest BCUT2D eigenvalue weighted by atomic mass is 9.73. The zero-order valence-electron chi connectivity index (χ0n) is 10.0. The summed E-state index contributed by atoms with van der Waals surface area (Å²) < 4.78 is 5.57. The van der Waals surface area contributed by atoms with Crippen molar-refractivity contribution in [1.82, 2.24) is 5.32 Å². The summed E-state index contributed by atoms with van der Waals surface area (Å²) in [5.74, 6) is 2.89. The van der Waals surface area contributed by atoms with Gasteiger partial charge in [-0.1, -0.05) is 26.2 Å². The third kappa shape index (κ3) is 1.69. The Bertz CT molecular complexity index is 357. The molecule has 1 aliphatic heterocycles. The molecule has 1 saturated carbocycles. The molecule has 16 heavy (non-hydrogen) atoms. The van der Waals surface area contributed by atoms with E-state index in [1.54, 1.807) is 0 Å². The monoisotopic (exact) mass is 219 g/mol. The zero-order valence-corrected chi connectivity index (χ0v) is 10.0. The summed E-state index contributed by atoms with van der Waals surface area (Å²) in [6.07, 6.45) is 8.51. The smallest absolute Gasteiger partial charge is 0.109 e. The topological polar surface area (TPSA) is 25.2 Å². The third-order valence-corrected chi connectivity index (χ3v) is 4.44. The van der Waals surface area contributed by atoms with Gasteiger partial charge in [-0.15, -0.1) is 0 Å². The van der Waals surface area contributed by atoms with Crippen LogP contribution in [0.2, 0.25) is 0 Å². The second kappa shape index (κ2) is 4.25. The second-order valence-corrected chi connectivity index (χ2v) is 5.41. The molecule has 0 saturated heterocycles. The zero-order chi connectivity index (χ0) is 11.0. The number of hydrogen-bond donors (Lipinski definition) is 1. The van der Waals surface area contributed by atoms with Crippen LogP contribution in [-0.4, -0.2) is 6.54 Å². The van der Waals surface area contributed by atoms with Gasteiger partial charge in [0.1, 0.15) is 5.76 Å². The van der Waals surface area contributed by atoms with Crippen LogP contribution in [0.4, 0.5) is 0 Å². The normalized spacial score (nSPS) is 34.7. The number of hydrogen-bond acceptors (Lipinski definition) is 2. The fourth-order valence-electron chi connectivity index (χ4n) is 3.50. The number of rotatable bonds is 1. The van der Waals surface area contributed by atoms with Gasteiger partial charge in [-0.3, -0.25) is 0 Å². The minimum Gasteiger partial charge on any atom is -0.469 e. The van der Waals surface area contributed by atoms with E-state index in [-0.39, 0.29) is 0 Å². The van der Waals surface area contributed by atoms with Crippen LogP contribution in [-0.2, 0) is 6.42 Å². The van der Waals surface area contributed by atoms with Crippen molar-refractivity contribution in [2.75, 3.05) is 6.54 Å². The first-order valence-electron chi connectivity index (χ1n) is 6.66. The minimum atomic E-state index is 0.554. The van der Waals surface area contributed by atoms with E-state index < -0.39 is 0 Å². The van der Waals surface area contributed by atoms with Gasteiger partial charge in [0.15, 0.2) is 0 Å². The van der Waals surface area contributed by atoms with E-state index in [1.807, 2.05) is 6.26 Å². The van der Waals surface area contributed by atoms with Crippen molar-refractivity contribution in [3.8, 4) is 0 Å². The highest BCUT2D eigenvalue weighted by molar-refractivity contribution is 5.25. The predicted molar refractivity (Wildman–Crippen MR) is 64.3 cm³/mol. The standard InChI is InChI=1S/C14H21NO/c1-10-4-2-3-5-11(10)14-12-7-9-16-13(12)6-8-15-14/h7,9-11,14-15H,2-6,8H2,1H3. The van der Waals surface area contributed by atoms with E-state index >= 15 is 0 Å². The van der Waals surface area contributed by atoms with Crippen molar-refractivity contribution in [3.05, 3.63) is 23.7 Å². The molecule has 2 heterocycles. The fraction of sp³-hybridized carbons (Fsp3) is 0.714. The Morgan fingerprint density at radius 1 is 1.31 bits per heavy atom. The summed E-state index contributed by atoms with van der Waals surface area (Å²) in [5, 5.41) is 3.70. The van der Waals surface area contributed by atoms with Crippen LogP contribution in [0.3, 0.4) is 0 Å². The summed E-state index contributed by atoms with van der Waals surface area (Å²) in [7, 11) is 0. The molecule has 0 radical (unpaired) electrons. The van der Waals surface area contributed by atoms with Crippen LogP contribution in [0.5, 0.6) is 0 Å². The molecule has 2 nitrogen and oxygen atoms in total. The average molecular weight is 219 g/mol. The lowest BCUT2D eigenvalue weighted by molar-refractivity contribution is 0.187. The minimum absolute atomic E-state index is 0.554. The van der Waals surface area contributed by atoms with Gasteiger partial charge in [0.25, 0.3) is 0 Å². The van der Waals surface area contributed by atoms with E-state index in [9.17, 15) is 0 Å². The molecule has 3 unspecified atom stereocenters. The van der Waals surface area contributed by atoms with Crippen molar-refractivity contribution in [3.63, 3.8) is 0 Å². The van der Waals surface area contributed by atoms with E-state index in [4.69, 9.17) is 4.42 Å². The van der Waals surface area contributed by atoms with Crippen LogP contribution in [0.1, 0.15) is 50.0 Å². The van der Waals surface area contributed by atoms with Crippen molar-refractivity contribution in [2.45, 2.75) is 45.1 Å². The SMILES string of the molecule is CC1CCCCC1C1NCCc2occc21. The van der Waals surface area contributed by atoms with Crippen molar-refractivity contribution < 1.29 is 4.42 Å². The van der Waals surface area contributed by atoms with Crippen LogP contribution < -0.4 is 5.32 Å². The summed E-state index contributed by atoms with van der Waals surface area (Å²) >= 11 is 0. The molecule has 1 N–H and O–H groups in total. The Balaban J connectivity index is 1.85. The van der Waals surface area contributed by atoms with E-state index in [0.717, 1.165) is 24.8 Å². The molecular weight excluding hydrogens is 198 g/mol. The quantitative estimate of drug-likeness (QED) is 0.784. The average Bonchev–Trinajstić information content (AvgIpc) is 2.77. The van der Waals surface area contributed by atoms with Gasteiger partial charge in [0, 0.05) is 24.6 Å². The molecule has 0 amide bonds. The molecule has 2 heteroatoms. The fourth-order valence-corrected chi connectivity index (χ4v) is 3.50.